The van der Waals surface area contributed by atoms with Crippen molar-refractivity contribution in [1.29, 1.82) is 0 Å². The summed E-state index contributed by atoms with van der Waals surface area (Å²) in [6.07, 6.45) is 2.48. The molecule has 0 amide bonds. The van der Waals surface area contributed by atoms with Gasteiger partial charge in [0.05, 0.1) is 4.34 Å². The van der Waals surface area contributed by atoms with Crippen LogP contribution in [-0.2, 0) is 0 Å². The van der Waals surface area contributed by atoms with E-state index in [-0.39, 0.29) is 0 Å². The third kappa shape index (κ3) is 2.44. The Hall–Kier alpha value is -0.820. The van der Waals surface area contributed by atoms with Crippen LogP contribution in [-0.4, -0.2) is 40.9 Å². The Morgan fingerprint density at radius 2 is 2.24 bits per heavy atom. The molecule has 0 bridgehead atoms. The quantitative estimate of drug-likeness (QED) is 0.879. The monoisotopic (exact) mass is 343 g/mol. The number of piperidine rings is 1. The summed E-state index contributed by atoms with van der Waals surface area (Å²) in [5, 5.41) is 10.9. The molecule has 0 radical (unpaired) electrons. The predicted molar refractivity (Wildman–Crippen MR) is 86.4 cm³/mol. The van der Waals surface area contributed by atoms with E-state index in [1.54, 1.807) is 0 Å². The van der Waals surface area contributed by atoms with E-state index in [0.29, 0.717) is 26.5 Å². The number of H-pyrrole nitrogens is 1. The second-order valence-electron chi connectivity index (χ2n) is 5.54. The van der Waals surface area contributed by atoms with Gasteiger partial charge in [0.1, 0.15) is 4.34 Å². The van der Waals surface area contributed by atoms with Crippen molar-refractivity contribution in [3.8, 4) is 11.4 Å². The summed E-state index contributed by atoms with van der Waals surface area (Å²) in [6, 6.07) is 2.33. The summed E-state index contributed by atoms with van der Waals surface area (Å²) in [7, 11) is 0. The maximum atomic E-state index is 6.19. The van der Waals surface area contributed by atoms with E-state index in [1.165, 1.54) is 24.2 Å². The van der Waals surface area contributed by atoms with Crippen LogP contribution in [0.3, 0.4) is 0 Å². The first-order valence-electron chi connectivity index (χ1n) is 7.07. The normalized spacial score (nSPS) is 25.3. The first kappa shape index (κ1) is 13.8. The summed E-state index contributed by atoms with van der Waals surface area (Å²) in [5.74, 6) is 2.16. The van der Waals surface area contributed by atoms with Crippen molar-refractivity contribution >= 4 is 40.5 Å². The van der Waals surface area contributed by atoms with Gasteiger partial charge >= 0.3 is 0 Å². The lowest BCUT2D eigenvalue weighted by Crippen LogP contribution is -2.45. The van der Waals surface area contributed by atoms with Gasteiger partial charge in [-0.25, -0.2) is 0 Å². The first-order valence-corrected chi connectivity index (χ1v) is 8.64. The lowest BCUT2D eigenvalue weighted by Gasteiger charge is -2.36. The molecule has 2 aromatic rings. The summed E-state index contributed by atoms with van der Waals surface area (Å²) >= 11 is 13.5. The van der Waals surface area contributed by atoms with Crippen molar-refractivity contribution in [1.82, 2.24) is 20.5 Å². The van der Waals surface area contributed by atoms with Crippen molar-refractivity contribution in [2.24, 2.45) is 5.92 Å². The van der Waals surface area contributed by atoms with E-state index in [9.17, 15) is 0 Å². The summed E-state index contributed by atoms with van der Waals surface area (Å²) in [5.41, 5.74) is 0.823. The van der Waals surface area contributed by atoms with Crippen LogP contribution in [0.4, 0.5) is 5.95 Å². The molecule has 2 unspecified atom stereocenters. The summed E-state index contributed by atoms with van der Waals surface area (Å²) in [4.78, 5) is 6.95. The molecule has 2 aromatic heterocycles. The molecule has 4 rings (SSSR count). The number of halogens is 2. The van der Waals surface area contributed by atoms with Gasteiger partial charge in [0.2, 0.25) is 5.95 Å². The molecule has 0 aromatic carbocycles. The minimum atomic E-state index is 0.504. The second-order valence-corrected chi connectivity index (χ2v) is 7.83. The number of aromatic nitrogens is 3. The Balaban J connectivity index is 1.63. The lowest BCUT2D eigenvalue weighted by atomic mass is 9.92. The molecule has 0 saturated carbocycles. The third-order valence-corrected chi connectivity index (χ3v) is 5.81. The molecule has 2 saturated heterocycles. The zero-order valence-corrected chi connectivity index (χ0v) is 13.6. The van der Waals surface area contributed by atoms with Crippen molar-refractivity contribution < 1.29 is 0 Å². The van der Waals surface area contributed by atoms with Gasteiger partial charge < -0.3 is 10.2 Å². The predicted octanol–water partition coefficient (Wildman–Crippen LogP) is 3.03. The van der Waals surface area contributed by atoms with Gasteiger partial charge in [0.15, 0.2) is 5.82 Å². The van der Waals surface area contributed by atoms with E-state index in [0.717, 1.165) is 31.1 Å². The zero-order chi connectivity index (χ0) is 14.4. The number of thiophene rings is 1. The van der Waals surface area contributed by atoms with Gasteiger partial charge in [0, 0.05) is 31.2 Å². The zero-order valence-electron chi connectivity index (χ0n) is 11.3. The van der Waals surface area contributed by atoms with Crippen molar-refractivity contribution in [2.45, 2.75) is 18.9 Å². The highest BCUT2D eigenvalue weighted by molar-refractivity contribution is 7.20. The molecular weight excluding hydrogens is 329 g/mol. The van der Waals surface area contributed by atoms with Gasteiger partial charge in [-0.05, 0) is 24.8 Å². The fourth-order valence-corrected chi connectivity index (χ4v) is 4.79. The molecule has 5 nitrogen and oxygen atoms in total. The van der Waals surface area contributed by atoms with Crippen molar-refractivity contribution in [2.75, 3.05) is 24.5 Å². The van der Waals surface area contributed by atoms with Gasteiger partial charge in [-0.1, -0.05) is 23.2 Å². The molecule has 0 aliphatic carbocycles. The van der Waals surface area contributed by atoms with Crippen molar-refractivity contribution in [3.05, 3.63) is 14.7 Å². The van der Waals surface area contributed by atoms with Gasteiger partial charge in [-0.15, -0.1) is 16.4 Å². The van der Waals surface area contributed by atoms with Crippen LogP contribution in [0.25, 0.3) is 11.4 Å². The largest absolute Gasteiger partial charge is 0.335 e. The molecule has 2 aliphatic heterocycles. The summed E-state index contributed by atoms with van der Waals surface area (Å²) in [6.45, 7) is 3.13. The highest BCUT2D eigenvalue weighted by Crippen LogP contribution is 2.37. The third-order valence-electron chi connectivity index (χ3n) is 4.32. The maximum absolute atomic E-state index is 6.19. The average molecular weight is 344 g/mol. The van der Waals surface area contributed by atoms with Gasteiger partial charge in [-0.2, -0.15) is 4.98 Å². The van der Waals surface area contributed by atoms with Gasteiger partial charge in [0.25, 0.3) is 0 Å². The van der Waals surface area contributed by atoms with Crippen LogP contribution >= 0.6 is 34.5 Å². The topological polar surface area (TPSA) is 56.8 Å². The van der Waals surface area contributed by atoms with E-state index in [4.69, 9.17) is 23.2 Å². The molecule has 2 atom stereocenters. The lowest BCUT2D eigenvalue weighted by molar-refractivity contribution is 0.381. The average Bonchev–Trinajstić information content (AvgIpc) is 3.17. The van der Waals surface area contributed by atoms with Crippen LogP contribution in [0.5, 0.6) is 0 Å². The number of hydrogen-bond donors (Lipinski definition) is 2. The minimum absolute atomic E-state index is 0.504. The first-order chi connectivity index (χ1) is 10.2. The van der Waals surface area contributed by atoms with Crippen LogP contribution in [0.1, 0.15) is 12.8 Å². The van der Waals surface area contributed by atoms with Crippen LogP contribution < -0.4 is 10.2 Å². The Morgan fingerprint density at radius 3 is 3.05 bits per heavy atom. The Bertz CT molecular complexity index is 655. The number of aromatic amines is 1. The minimum Gasteiger partial charge on any atom is -0.335 e. The number of rotatable bonds is 2. The molecule has 2 aliphatic rings. The van der Waals surface area contributed by atoms with E-state index < -0.39 is 0 Å². The molecule has 0 spiro atoms. The van der Waals surface area contributed by atoms with Crippen molar-refractivity contribution in [3.63, 3.8) is 0 Å². The van der Waals surface area contributed by atoms with E-state index in [1.807, 2.05) is 6.07 Å². The van der Waals surface area contributed by atoms with E-state index >= 15 is 0 Å². The fraction of sp³-hybridized carbons (Fsp3) is 0.538. The number of fused-ring (bicyclic) bond motifs is 1. The Kier molecular flexibility index (Phi) is 3.57. The molecule has 2 N–H and O–H groups in total. The number of hydrogen-bond acceptors (Lipinski definition) is 5. The molecule has 2 fully saturated rings. The van der Waals surface area contributed by atoms with E-state index in [2.05, 4.69) is 25.4 Å². The molecule has 8 heteroatoms. The van der Waals surface area contributed by atoms with Crippen LogP contribution in [0, 0.1) is 5.92 Å². The highest BCUT2D eigenvalue weighted by atomic mass is 35.5. The molecule has 4 heterocycles. The fourth-order valence-electron chi connectivity index (χ4n) is 3.32. The van der Waals surface area contributed by atoms with Crippen LogP contribution in [0.15, 0.2) is 6.07 Å². The standard InChI is InChI=1S/C13H15Cl2N5S/c14-10-4-8(11(15)21-10)12-17-13(19-18-12)20-3-1-2-7-5-16-6-9(7)20/h4,7,9,16H,1-3,5-6H2,(H,17,18,19). The van der Waals surface area contributed by atoms with Gasteiger partial charge in [-0.3, -0.25) is 5.10 Å². The SMILES string of the molecule is Clc1cc(-c2nc(N3CCCC4CNCC43)n[nH]2)c(Cl)s1. The summed E-state index contributed by atoms with van der Waals surface area (Å²) < 4.78 is 1.30. The number of nitrogens with zero attached hydrogens (tertiary/aromatic N) is 3. The Morgan fingerprint density at radius 1 is 1.33 bits per heavy atom. The maximum Gasteiger partial charge on any atom is 0.245 e. The molecular formula is C13H15Cl2N5S. The smallest absolute Gasteiger partial charge is 0.245 e. The molecule has 21 heavy (non-hydrogen) atoms. The number of nitrogens with one attached hydrogen (secondary N) is 2. The van der Waals surface area contributed by atoms with Crippen LogP contribution in [0.2, 0.25) is 8.67 Å². The second kappa shape index (κ2) is 5.43. The highest BCUT2D eigenvalue weighted by Gasteiger charge is 2.36. The number of anilines is 1. The Labute approximate surface area is 136 Å². The molecule has 112 valence electrons.